The summed E-state index contributed by atoms with van der Waals surface area (Å²) in [4.78, 5) is 13.7. The van der Waals surface area contributed by atoms with Gasteiger partial charge in [-0.05, 0) is 44.3 Å². The molecule has 0 saturated heterocycles. The second-order valence-electron chi connectivity index (χ2n) is 4.68. The summed E-state index contributed by atoms with van der Waals surface area (Å²) in [5.74, 6) is 0.608. The SMILES string of the molecule is CCN(CC)CCOc1ccc(NC(=O)C(C)N)cc1.Cl. The van der Waals surface area contributed by atoms with E-state index in [1.807, 2.05) is 24.3 Å². The molecule has 0 heterocycles. The van der Waals surface area contributed by atoms with Gasteiger partial charge in [0.15, 0.2) is 0 Å². The molecule has 1 aromatic carbocycles. The van der Waals surface area contributed by atoms with Gasteiger partial charge in [0.05, 0.1) is 6.04 Å². The predicted molar refractivity (Wildman–Crippen MR) is 89.3 cm³/mol. The van der Waals surface area contributed by atoms with Gasteiger partial charge in [-0.2, -0.15) is 0 Å². The fourth-order valence-electron chi connectivity index (χ4n) is 1.72. The number of hydrogen-bond donors (Lipinski definition) is 2. The summed E-state index contributed by atoms with van der Waals surface area (Å²) in [7, 11) is 0. The number of carbonyl (C=O) groups is 1. The van der Waals surface area contributed by atoms with Gasteiger partial charge >= 0.3 is 0 Å². The van der Waals surface area contributed by atoms with Crippen molar-refractivity contribution >= 4 is 24.0 Å². The maximum atomic E-state index is 11.4. The van der Waals surface area contributed by atoms with Crippen molar-refractivity contribution in [1.29, 1.82) is 0 Å². The van der Waals surface area contributed by atoms with E-state index in [4.69, 9.17) is 10.5 Å². The summed E-state index contributed by atoms with van der Waals surface area (Å²) in [5.41, 5.74) is 6.22. The van der Waals surface area contributed by atoms with Crippen molar-refractivity contribution in [3.63, 3.8) is 0 Å². The molecule has 0 spiro atoms. The summed E-state index contributed by atoms with van der Waals surface area (Å²) in [6.45, 7) is 9.56. The number of amides is 1. The lowest BCUT2D eigenvalue weighted by molar-refractivity contribution is -0.117. The van der Waals surface area contributed by atoms with Crippen molar-refractivity contribution in [3.05, 3.63) is 24.3 Å². The molecular weight excluding hydrogens is 290 g/mol. The summed E-state index contributed by atoms with van der Waals surface area (Å²) >= 11 is 0. The first-order chi connectivity index (χ1) is 9.56. The van der Waals surface area contributed by atoms with Gasteiger partial charge in [0, 0.05) is 12.2 Å². The largest absolute Gasteiger partial charge is 0.492 e. The highest BCUT2D eigenvalue weighted by atomic mass is 35.5. The first kappa shape index (κ1) is 19.7. The number of anilines is 1. The Labute approximate surface area is 133 Å². The minimum absolute atomic E-state index is 0. The topological polar surface area (TPSA) is 67.6 Å². The molecule has 0 fully saturated rings. The minimum Gasteiger partial charge on any atom is -0.492 e. The number of carbonyl (C=O) groups excluding carboxylic acids is 1. The Kier molecular flexibility index (Phi) is 9.78. The summed E-state index contributed by atoms with van der Waals surface area (Å²) in [6.07, 6.45) is 0. The summed E-state index contributed by atoms with van der Waals surface area (Å²) in [5, 5.41) is 2.73. The molecule has 1 unspecified atom stereocenters. The molecule has 0 saturated carbocycles. The number of nitrogens with zero attached hydrogens (tertiary/aromatic N) is 1. The van der Waals surface area contributed by atoms with Crippen LogP contribution in [0.4, 0.5) is 5.69 Å². The van der Waals surface area contributed by atoms with Gasteiger partial charge in [-0.3, -0.25) is 4.79 Å². The number of hydrogen-bond acceptors (Lipinski definition) is 4. The molecule has 6 heteroatoms. The van der Waals surface area contributed by atoms with Gasteiger partial charge < -0.3 is 20.7 Å². The lowest BCUT2D eigenvalue weighted by Crippen LogP contribution is -2.32. The van der Waals surface area contributed by atoms with Crippen LogP contribution in [0.3, 0.4) is 0 Å². The van der Waals surface area contributed by atoms with Crippen LogP contribution in [-0.4, -0.2) is 43.1 Å². The molecule has 3 N–H and O–H groups in total. The molecule has 0 aliphatic rings. The molecule has 1 atom stereocenters. The average Bonchev–Trinajstić information content (AvgIpc) is 2.45. The van der Waals surface area contributed by atoms with Gasteiger partial charge in [0.2, 0.25) is 5.91 Å². The lowest BCUT2D eigenvalue weighted by atomic mass is 10.2. The zero-order chi connectivity index (χ0) is 15.0. The molecule has 0 radical (unpaired) electrons. The van der Waals surface area contributed by atoms with Crippen LogP contribution < -0.4 is 15.8 Å². The van der Waals surface area contributed by atoms with Gasteiger partial charge in [0.1, 0.15) is 12.4 Å². The van der Waals surface area contributed by atoms with Crippen molar-refractivity contribution in [3.8, 4) is 5.75 Å². The number of likely N-dealkylation sites (N-methyl/N-ethyl adjacent to an activating group) is 1. The minimum atomic E-state index is -0.514. The van der Waals surface area contributed by atoms with E-state index in [1.54, 1.807) is 6.92 Å². The lowest BCUT2D eigenvalue weighted by Gasteiger charge is -2.18. The molecule has 1 aromatic rings. The number of halogens is 1. The van der Waals surface area contributed by atoms with Crippen LogP contribution in [0.25, 0.3) is 0 Å². The van der Waals surface area contributed by atoms with Gasteiger partial charge in [0.25, 0.3) is 0 Å². The third-order valence-electron chi connectivity index (χ3n) is 3.11. The highest BCUT2D eigenvalue weighted by molar-refractivity contribution is 5.94. The van der Waals surface area contributed by atoms with E-state index in [-0.39, 0.29) is 18.3 Å². The highest BCUT2D eigenvalue weighted by Crippen LogP contribution is 2.15. The van der Waals surface area contributed by atoms with E-state index < -0.39 is 6.04 Å². The Morgan fingerprint density at radius 3 is 2.33 bits per heavy atom. The average molecular weight is 316 g/mol. The Bertz CT molecular complexity index is 406. The van der Waals surface area contributed by atoms with E-state index in [0.717, 1.165) is 31.1 Å². The molecule has 5 nitrogen and oxygen atoms in total. The van der Waals surface area contributed by atoms with Gasteiger partial charge in [-0.15, -0.1) is 12.4 Å². The molecule has 0 aliphatic carbocycles. The standard InChI is InChI=1S/C15H25N3O2.ClH/c1-4-18(5-2)10-11-20-14-8-6-13(7-9-14)17-15(19)12(3)16;/h6-9,12H,4-5,10-11,16H2,1-3H3,(H,17,19);1H. The van der Waals surface area contributed by atoms with Gasteiger partial charge in [-0.1, -0.05) is 13.8 Å². The zero-order valence-corrected chi connectivity index (χ0v) is 13.8. The van der Waals surface area contributed by atoms with Crippen LogP contribution in [-0.2, 0) is 4.79 Å². The Morgan fingerprint density at radius 1 is 1.29 bits per heavy atom. The molecule has 0 aromatic heterocycles. The fourth-order valence-corrected chi connectivity index (χ4v) is 1.72. The highest BCUT2D eigenvalue weighted by Gasteiger charge is 2.07. The Hall–Kier alpha value is -1.30. The Morgan fingerprint density at radius 2 is 1.86 bits per heavy atom. The van der Waals surface area contributed by atoms with E-state index in [1.165, 1.54) is 0 Å². The van der Waals surface area contributed by atoms with Crippen molar-refractivity contribution in [2.45, 2.75) is 26.8 Å². The number of benzene rings is 1. The van der Waals surface area contributed by atoms with Gasteiger partial charge in [-0.25, -0.2) is 0 Å². The molecule has 120 valence electrons. The molecule has 21 heavy (non-hydrogen) atoms. The van der Waals surface area contributed by atoms with E-state index in [9.17, 15) is 4.79 Å². The maximum Gasteiger partial charge on any atom is 0.240 e. The molecule has 0 aliphatic heterocycles. The van der Waals surface area contributed by atoms with Crippen molar-refractivity contribution < 1.29 is 9.53 Å². The van der Waals surface area contributed by atoms with Crippen LogP contribution in [0.1, 0.15) is 20.8 Å². The number of nitrogens with two attached hydrogens (primary N) is 1. The second-order valence-corrected chi connectivity index (χ2v) is 4.68. The van der Waals surface area contributed by atoms with E-state index >= 15 is 0 Å². The van der Waals surface area contributed by atoms with Crippen LogP contribution >= 0.6 is 12.4 Å². The summed E-state index contributed by atoms with van der Waals surface area (Å²) in [6, 6.07) is 6.80. The quantitative estimate of drug-likeness (QED) is 0.771. The predicted octanol–water partition coefficient (Wildman–Crippen LogP) is 2.11. The third-order valence-corrected chi connectivity index (χ3v) is 3.11. The van der Waals surface area contributed by atoms with Crippen molar-refractivity contribution in [1.82, 2.24) is 4.90 Å². The Balaban J connectivity index is 0.00000400. The number of rotatable bonds is 8. The molecule has 1 amide bonds. The monoisotopic (exact) mass is 315 g/mol. The number of ether oxygens (including phenoxy) is 1. The summed E-state index contributed by atoms with van der Waals surface area (Å²) < 4.78 is 5.67. The third kappa shape index (κ3) is 7.32. The zero-order valence-electron chi connectivity index (χ0n) is 13.0. The fraction of sp³-hybridized carbons (Fsp3) is 0.533. The maximum absolute atomic E-state index is 11.4. The van der Waals surface area contributed by atoms with Crippen LogP contribution in [0.5, 0.6) is 5.75 Å². The molecule has 1 rings (SSSR count). The van der Waals surface area contributed by atoms with Crippen molar-refractivity contribution in [2.75, 3.05) is 31.6 Å². The van der Waals surface area contributed by atoms with Crippen LogP contribution in [0, 0.1) is 0 Å². The first-order valence-corrected chi connectivity index (χ1v) is 7.08. The molecular formula is C15H26ClN3O2. The van der Waals surface area contributed by atoms with E-state index in [2.05, 4.69) is 24.1 Å². The van der Waals surface area contributed by atoms with E-state index in [0.29, 0.717) is 6.61 Å². The smallest absolute Gasteiger partial charge is 0.240 e. The normalized spacial score (nSPS) is 11.7. The number of nitrogens with one attached hydrogen (secondary N) is 1. The second kappa shape index (κ2) is 10.4. The first-order valence-electron chi connectivity index (χ1n) is 7.08. The molecule has 0 bridgehead atoms. The van der Waals surface area contributed by atoms with Crippen molar-refractivity contribution in [2.24, 2.45) is 5.73 Å². The van der Waals surface area contributed by atoms with Crippen LogP contribution in [0.2, 0.25) is 0 Å². The van der Waals surface area contributed by atoms with Crippen LogP contribution in [0.15, 0.2) is 24.3 Å².